The van der Waals surface area contributed by atoms with Crippen LogP contribution in [0.5, 0.6) is 0 Å². The predicted octanol–water partition coefficient (Wildman–Crippen LogP) is 1.81. The standard InChI is InChI=1S/C15H27N5O/c1-4-16-13-8-14(19-15(18-13)11-21-3)17-9-12-6-7-20(5-2)10-12/h8,12H,4-7,9-11H2,1-3H3,(H2,16,17,18,19). The smallest absolute Gasteiger partial charge is 0.158 e. The van der Waals surface area contributed by atoms with E-state index in [0.29, 0.717) is 18.3 Å². The van der Waals surface area contributed by atoms with Crippen molar-refractivity contribution in [2.75, 3.05) is 50.5 Å². The van der Waals surface area contributed by atoms with Crippen molar-refractivity contribution in [3.05, 3.63) is 11.9 Å². The van der Waals surface area contributed by atoms with Crippen LogP contribution in [0, 0.1) is 5.92 Å². The summed E-state index contributed by atoms with van der Waals surface area (Å²) in [7, 11) is 1.66. The summed E-state index contributed by atoms with van der Waals surface area (Å²) in [5, 5.41) is 6.69. The van der Waals surface area contributed by atoms with Gasteiger partial charge in [0.2, 0.25) is 0 Å². The topological polar surface area (TPSA) is 62.3 Å². The lowest BCUT2D eigenvalue weighted by molar-refractivity contribution is 0.178. The minimum Gasteiger partial charge on any atom is -0.377 e. The Hall–Kier alpha value is -1.40. The zero-order chi connectivity index (χ0) is 15.1. The average molecular weight is 293 g/mol. The first kappa shape index (κ1) is 16.0. The average Bonchev–Trinajstić information content (AvgIpc) is 2.94. The maximum absolute atomic E-state index is 5.14. The quantitative estimate of drug-likeness (QED) is 0.762. The Morgan fingerprint density at radius 1 is 1.29 bits per heavy atom. The molecule has 6 heteroatoms. The Morgan fingerprint density at radius 2 is 2.05 bits per heavy atom. The number of hydrogen-bond acceptors (Lipinski definition) is 6. The zero-order valence-corrected chi connectivity index (χ0v) is 13.4. The highest BCUT2D eigenvalue weighted by Gasteiger charge is 2.20. The fraction of sp³-hybridized carbons (Fsp3) is 0.733. The number of likely N-dealkylation sites (tertiary alicyclic amines) is 1. The summed E-state index contributed by atoms with van der Waals surface area (Å²) in [6.45, 7) is 10.1. The first-order valence-electron chi connectivity index (χ1n) is 7.82. The molecule has 1 fully saturated rings. The Morgan fingerprint density at radius 3 is 2.67 bits per heavy atom. The van der Waals surface area contributed by atoms with Crippen molar-refractivity contribution in [1.82, 2.24) is 14.9 Å². The number of anilines is 2. The van der Waals surface area contributed by atoms with Gasteiger partial charge in [0.15, 0.2) is 5.82 Å². The van der Waals surface area contributed by atoms with E-state index >= 15 is 0 Å². The van der Waals surface area contributed by atoms with E-state index in [1.165, 1.54) is 19.5 Å². The van der Waals surface area contributed by atoms with Crippen LogP contribution in [-0.2, 0) is 11.3 Å². The van der Waals surface area contributed by atoms with Gasteiger partial charge in [0.05, 0.1) is 0 Å². The molecule has 1 aliphatic heterocycles. The summed E-state index contributed by atoms with van der Waals surface area (Å²) in [5.41, 5.74) is 0. The molecule has 1 atom stereocenters. The van der Waals surface area contributed by atoms with E-state index in [0.717, 1.165) is 31.3 Å². The van der Waals surface area contributed by atoms with Gasteiger partial charge in [-0.2, -0.15) is 0 Å². The molecule has 1 aromatic rings. The van der Waals surface area contributed by atoms with E-state index in [-0.39, 0.29) is 0 Å². The summed E-state index contributed by atoms with van der Waals surface area (Å²) in [5.74, 6) is 3.14. The van der Waals surface area contributed by atoms with Gasteiger partial charge in [-0.1, -0.05) is 6.92 Å². The maximum Gasteiger partial charge on any atom is 0.158 e. The highest BCUT2D eigenvalue weighted by atomic mass is 16.5. The molecule has 118 valence electrons. The Labute approximate surface area is 127 Å². The maximum atomic E-state index is 5.14. The minimum atomic E-state index is 0.432. The molecule has 2 rings (SSSR count). The largest absolute Gasteiger partial charge is 0.377 e. The van der Waals surface area contributed by atoms with Crippen LogP contribution in [0.3, 0.4) is 0 Å². The second kappa shape index (κ2) is 8.14. The van der Waals surface area contributed by atoms with Gasteiger partial charge in [0.1, 0.15) is 18.2 Å². The molecule has 1 aromatic heterocycles. The lowest BCUT2D eigenvalue weighted by Crippen LogP contribution is -2.22. The number of hydrogen-bond donors (Lipinski definition) is 2. The fourth-order valence-corrected chi connectivity index (χ4v) is 2.67. The molecule has 0 aliphatic carbocycles. The molecule has 21 heavy (non-hydrogen) atoms. The van der Waals surface area contributed by atoms with E-state index < -0.39 is 0 Å². The number of methoxy groups -OCH3 is 1. The van der Waals surface area contributed by atoms with E-state index in [2.05, 4.69) is 39.3 Å². The highest BCUT2D eigenvalue weighted by Crippen LogP contribution is 2.17. The third kappa shape index (κ3) is 4.82. The number of nitrogens with one attached hydrogen (secondary N) is 2. The number of nitrogens with zero attached hydrogens (tertiary/aromatic N) is 3. The summed E-state index contributed by atoms with van der Waals surface area (Å²) in [6, 6.07) is 1.97. The van der Waals surface area contributed by atoms with Gasteiger partial charge in [-0.25, -0.2) is 9.97 Å². The Balaban J connectivity index is 1.94. The van der Waals surface area contributed by atoms with Crippen LogP contribution in [0.25, 0.3) is 0 Å². The molecule has 0 spiro atoms. The van der Waals surface area contributed by atoms with Crippen LogP contribution >= 0.6 is 0 Å². The molecule has 2 N–H and O–H groups in total. The Bertz CT molecular complexity index is 416. The monoisotopic (exact) mass is 293 g/mol. The number of aromatic nitrogens is 2. The van der Waals surface area contributed by atoms with Crippen LogP contribution in [0.1, 0.15) is 26.1 Å². The molecule has 0 saturated carbocycles. The van der Waals surface area contributed by atoms with Crippen LogP contribution in [-0.4, -0.2) is 54.7 Å². The molecule has 0 radical (unpaired) electrons. The third-order valence-corrected chi connectivity index (χ3v) is 3.79. The number of rotatable bonds is 8. The summed E-state index contributed by atoms with van der Waals surface area (Å²) in [6.07, 6.45) is 1.26. The lowest BCUT2D eigenvalue weighted by Gasteiger charge is -2.15. The van der Waals surface area contributed by atoms with Crippen molar-refractivity contribution in [2.24, 2.45) is 5.92 Å². The van der Waals surface area contributed by atoms with Gasteiger partial charge in [-0.05, 0) is 32.4 Å². The van der Waals surface area contributed by atoms with Crippen molar-refractivity contribution in [2.45, 2.75) is 26.9 Å². The molecule has 0 bridgehead atoms. The molecule has 6 nitrogen and oxygen atoms in total. The molecular weight excluding hydrogens is 266 g/mol. The van der Waals surface area contributed by atoms with Gasteiger partial charge in [-0.15, -0.1) is 0 Å². The first-order chi connectivity index (χ1) is 10.2. The van der Waals surface area contributed by atoms with Gasteiger partial charge in [0.25, 0.3) is 0 Å². The molecule has 2 heterocycles. The normalized spacial score (nSPS) is 18.9. The second-order valence-electron chi connectivity index (χ2n) is 5.45. The van der Waals surface area contributed by atoms with Crippen LogP contribution in [0.2, 0.25) is 0 Å². The molecule has 1 unspecified atom stereocenters. The van der Waals surface area contributed by atoms with E-state index in [1.54, 1.807) is 7.11 Å². The Kier molecular flexibility index (Phi) is 6.20. The summed E-state index contributed by atoms with van der Waals surface area (Å²) in [4.78, 5) is 11.4. The van der Waals surface area contributed by atoms with Crippen molar-refractivity contribution < 1.29 is 4.74 Å². The highest BCUT2D eigenvalue weighted by molar-refractivity contribution is 5.47. The molecule has 0 aromatic carbocycles. The summed E-state index contributed by atoms with van der Waals surface area (Å²) < 4.78 is 5.14. The fourth-order valence-electron chi connectivity index (χ4n) is 2.67. The third-order valence-electron chi connectivity index (χ3n) is 3.79. The van der Waals surface area contributed by atoms with Gasteiger partial charge >= 0.3 is 0 Å². The predicted molar refractivity (Wildman–Crippen MR) is 85.6 cm³/mol. The van der Waals surface area contributed by atoms with Gasteiger partial charge in [0, 0.05) is 32.8 Å². The van der Waals surface area contributed by atoms with Crippen molar-refractivity contribution in [3.8, 4) is 0 Å². The van der Waals surface area contributed by atoms with Crippen LogP contribution < -0.4 is 10.6 Å². The van der Waals surface area contributed by atoms with Crippen LogP contribution in [0.15, 0.2) is 6.07 Å². The zero-order valence-electron chi connectivity index (χ0n) is 13.4. The molecular formula is C15H27N5O. The molecule has 1 aliphatic rings. The lowest BCUT2D eigenvalue weighted by atomic mass is 10.1. The van der Waals surface area contributed by atoms with Gasteiger partial charge < -0.3 is 20.3 Å². The van der Waals surface area contributed by atoms with Gasteiger partial charge in [-0.3, -0.25) is 0 Å². The SMILES string of the molecule is CCNc1cc(NCC2CCN(CC)C2)nc(COC)n1. The van der Waals surface area contributed by atoms with E-state index in [1.807, 2.05) is 6.07 Å². The molecule has 1 saturated heterocycles. The molecule has 0 amide bonds. The minimum absolute atomic E-state index is 0.432. The van der Waals surface area contributed by atoms with Crippen LogP contribution in [0.4, 0.5) is 11.6 Å². The van der Waals surface area contributed by atoms with E-state index in [4.69, 9.17) is 4.74 Å². The summed E-state index contributed by atoms with van der Waals surface area (Å²) >= 11 is 0. The van der Waals surface area contributed by atoms with Crippen molar-refractivity contribution in [1.29, 1.82) is 0 Å². The van der Waals surface area contributed by atoms with Crippen molar-refractivity contribution >= 4 is 11.6 Å². The number of ether oxygens (including phenoxy) is 1. The first-order valence-corrected chi connectivity index (χ1v) is 7.82. The second-order valence-corrected chi connectivity index (χ2v) is 5.45. The van der Waals surface area contributed by atoms with Crippen molar-refractivity contribution in [3.63, 3.8) is 0 Å². The van der Waals surface area contributed by atoms with E-state index in [9.17, 15) is 0 Å².